The lowest BCUT2D eigenvalue weighted by molar-refractivity contribution is -0.137. The number of allylic oxidation sites excluding steroid dienone is 1. The maximum atomic E-state index is 10.9. The first-order valence-corrected chi connectivity index (χ1v) is 4.30. The molecule has 0 N–H and O–H groups in total. The van der Waals surface area contributed by atoms with Gasteiger partial charge in [-0.2, -0.15) is 0 Å². The van der Waals surface area contributed by atoms with Crippen LogP contribution in [0, 0.1) is 0 Å². The van der Waals surface area contributed by atoms with Crippen molar-refractivity contribution in [2.75, 3.05) is 7.11 Å². The Morgan fingerprint density at radius 1 is 1.31 bits per heavy atom. The summed E-state index contributed by atoms with van der Waals surface area (Å²) in [5.74, 6) is -1.34. The van der Waals surface area contributed by atoms with Gasteiger partial charge in [-0.3, -0.25) is 4.79 Å². The van der Waals surface area contributed by atoms with E-state index in [2.05, 4.69) is 4.74 Å². The summed E-state index contributed by atoms with van der Waals surface area (Å²) < 4.78 is 2.53. The molecule has 0 fully saturated rings. The molecular formula is C7H7Cl3O3. The molecule has 0 aliphatic rings. The fraction of sp³-hybridized carbons (Fsp3) is 0.429. The van der Waals surface area contributed by atoms with Gasteiger partial charge >= 0.3 is 5.97 Å². The van der Waals surface area contributed by atoms with Crippen LogP contribution in [0.1, 0.15) is 6.92 Å². The van der Waals surface area contributed by atoms with E-state index in [-0.39, 0.29) is 5.57 Å². The zero-order valence-corrected chi connectivity index (χ0v) is 9.20. The molecule has 3 nitrogen and oxygen atoms in total. The minimum absolute atomic E-state index is 0.275. The van der Waals surface area contributed by atoms with Crippen molar-refractivity contribution < 1.29 is 14.3 Å². The Bertz CT molecular complexity index is 252. The maximum Gasteiger partial charge on any atom is 0.341 e. The lowest BCUT2D eigenvalue weighted by Crippen LogP contribution is -2.14. The van der Waals surface area contributed by atoms with Crippen molar-refractivity contribution in [3.63, 3.8) is 0 Å². The Morgan fingerprint density at radius 2 is 1.77 bits per heavy atom. The molecule has 0 atom stereocenters. The number of carbonyl (C=O) groups excluding carboxylic acids is 2. The van der Waals surface area contributed by atoms with Gasteiger partial charge < -0.3 is 4.74 Å². The van der Waals surface area contributed by atoms with Gasteiger partial charge in [-0.25, -0.2) is 4.79 Å². The summed E-state index contributed by atoms with van der Waals surface area (Å²) in [6.07, 6.45) is 0.922. The summed E-state index contributed by atoms with van der Waals surface area (Å²) in [4.78, 5) is 21.8. The minimum atomic E-state index is -1.78. The number of esters is 1. The predicted molar refractivity (Wildman–Crippen MR) is 51.1 cm³/mol. The summed E-state index contributed by atoms with van der Waals surface area (Å²) in [5.41, 5.74) is -0.275. The average molecular weight is 245 g/mol. The quantitative estimate of drug-likeness (QED) is 0.246. The van der Waals surface area contributed by atoms with Crippen LogP contribution in [0.2, 0.25) is 0 Å². The molecule has 0 radical (unpaired) electrons. The van der Waals surface area contributed by atoms with E-state index in [9.17, 15) is 9.59 Å². The molecule has 6 heteroatoms. The lowest BCUT2D eigenvalue weighted by Gasteiger charge is -2.06. The number of rotatable bonds is 2. The monoisotopic (exact) mass is 244 g/mol. The first kappa shape index (κ1) is 12.8. The number of hydrogen-bond acceptors (Lipinski definition) is 3. The second-order valence-electron chi connectivity index (χ2n) is 2.15. The molecule has 74 valence electrons. The molecular weight excluding hydrogens is 238 g/mol. The molecule has 0 rings (SSSR count). The number of ether oxygens (including phenoxy) is 1. The van der Waals surface area contributed by atoms with Crippen molar-refractivity contribution in [1.82, 2.24) is 0 Å². The highest BCUT2D eigenvalue weighted by Gasteiger charge is 2.23. The van der Waals surface area contributed by atoms with Gasteiger partial charge in [0, 0.05) is 0 Å². The van der Waals surface area contributed by atoms with Crippen molar-refractivity contribution in [1.29, 1.82) is 0 Å². The molecule has 0 spiro atoms. The van der Waals surface area contributed by atoms with Gasteiger partial charge in [-0.15, -0.1) is 0 Å². The standard InChI is InChI=1S/C7H7Cl3O3/c1-4(11)5(6(12)13-2)3-7(8,9)10/h3H,1-2H3/b5-3+. The van der Waals surface area contributed by atoms with Crippen molar-refractivity contribution in [3.05, 3.63) is 11.6 Å². The fourth-order valence-corrected chi connectivity index (χ4v) is 0.905. The molecule has 0 aromatic rings. The zero-order valence-electron chi connectivity index (χ0n) is 6.94. The van der Waals surface area contributed by atoms with Crippen LogP contribution in [-0.4, -0.2) is 22.7 Å². The molecule has 0 heterocycles. The number of methoxy groups -OCH3 is 1. The molecule has 0 amide bonds. The largest absolute Gasteiger partial charge is 0.465 e. The van der Waals surface area contributed by atoms with Crippen LogP contribution in [0.25, 0.3) is 0 Å². The van der Waals surface area contributed by atoms with Crippen molar-refractivity contribution >= 4 is 46.6 Å². The summed E-state index contributed by atoms with van der Waals surface area (Å²) in [5, 5.41) is 0. The highest BCUT2D eigenvalue weighted by molar-refractivity contribution is 6.69. The van der Waals surface area contributed by atoms with Gasteiger partial charge in [0.1, 0.15) is 5.57 Å². The second kappa shape index (κ2) is 4.84. The van der Waals surface area contributed by atoms with Crippen LogP contribution in [0.3, 0.4) is 0 Å². The van der Waals surface area contributed by atoms with E-state index in [0.29, 0.717) is 0 Å². The van der Waals surface area contributed by atoms with Gasteiger partial charge in [0.2, 0.25) is 3.79 Å². The second-order valence-corrected chi connectivity index (χ2v) is 4.52. The number of hydrogen-bond donors (Lipinski definition) is 0. The Labute approximate surface area is 90.6 Å². The van der Waals surface area contributed by atoms with Gasteiger partial charge in [-0.1, -0.05) is 34.8 Å². The van der Waals surface area contributed by atoms with E-state index in [1.54, 1.807) is 0 Å². The lowest BCUT2D eigenvalue weighted by atomic mass is 10.2. The molecule has 0 aliphatic carbocycles. The molecule has 0 saturated heterocycles. The molecule has 0 aromatic carbocycles. The van der Waals surface area contributed by atoms with Gasteiger partial charge in [-0.05, 0) is 13.0 Å². The fourth-order valence-electron chi connectivity index (χ4n) is 0.578. The van der Waals surface area contributed by atoms with E-state index in [0.717, 1.165) is 13.2 Å². The van der Waals surface area contributed by atoms with Gasteiger partial charge in [0.25, 0.3) is 0 Å². The number of halogens is 3. The van der Waals surface area contributed by atoms with Crippen molar-refractivity contribution in [3.8, 4) is 0 Å². The smallest absolute Gasteiger partial charge is 0.341 e. The third kappa shape index (κ3) is 5.13. The van der Waals surface area contributed by atoms with E-state index < -0.39 is 15.5 Å². The third-order valence-electron chi connectivity index (χ3n) is 1.09. The number of ketones is 1. The molecule has 0 bridgehead atoms. The predicted octanol–water partition coefficient (Wildman–Crippen LogP) is 2.04. The number of carbonyl (C=O) groups is 2. The SMILES string of the molecule is COC(=O)/C(=C/C(Cl)(Cl)Cl)C(C)=O. The Hall–Kier alpha value is -0.250. The number of Topliss-reactive ketones (excluding diaryl/α,β-unsaturated/α-hetero) is 1. The highest BCUT2D eigenvalue weighted by Crippen LogP contribution is 2.29. The molecule has 0 aliphatic heterocycles. The maximum absolute atomic E-state index is 10.9. The van der Waals surface area contributed by atoms with Gasteiger partial charge in [0.05, 0.1) is 7.11 Å². The van der Waals surface area contributed by atoms with E-state index in [1.807, 2.05) is 0 Å². The summed E-state index contributed by atoms with van der Waals surface area (Å²) in [7, 11) is 1.14. The molecule has 0 aromatic heterocycles. The van der Waals surface area contributed by atoms with E-state index in [1.165, 1.54) is 6.92 Å². The van der Waals surface area contributed by atoms with Crippen LogP contribution < -0.4 is 0 Å². The molecule has 0 unspecified atom stereocenters. The Kier molecular flexibility index (Phi) is 4.75. The minimum Gasteiger partial charge on any atom is -0.465 e. The topological polar surface area (TPSA) is 43.4 Å². The molecule has 13 heavy (non-hydrogen) atoms. The first-order chi connectivity index (χ1) is 5.78. The summed E-state index contributed by atoms with van der Waals surface area (Å²) >= 11 is 16.1. The molecule has 0 saturated carbocycles. The summed E-state index contributed by atoms with van der Waals surface area (Å²) in [6.45, 7) is 1.18. The normalized spacial score (nSPS) is 12.5. The van der Waals surface area contributed by atoms with Crippen LogP contribution in [0.4, 0.5) is 0 Å². The third-order valence-corrected chi connectivity index (χ3v) is 1.42. The Balaban J connectivity index is 4.93. The van der Waals surface area contributed by atoms with Crippen LogP contribution in [0.15, 0.2) is 11.6 Å². The highest BCUT2D eigenvalue weighted by atomic mass is 35.6. The van der Waals surface area contributed by atoms with Crippen LogP contribution in [0.5, 0.6) is 0 Å². The Morgan fingerprint density at radius 3 is 2.00 bits per heavy atom. The van der Waals surface area contributed by atoms with Crippen LogP contribution >= 0.6 is 34.8 Å². The van der Waals surface area contributed by atoms with Gasteiger partial charge in [0.15, 0.2) is 5.78 Å². The first-order valence-electron chi connectivity index (χ1n) is 3.16. The van der Waals surface area contributed by atoms with E-state index in [4.69, 9.17) is 34.8 Å². The van der Waals surface area contributed by atoms with Crippen molar-refractivity contribution in [2.45, 2.75) is 10.7 Å². The summed E-state index contributed by atoms with van der Waals surface area (Å²) in [6, 6.07) is 0. The average Bonchev–Trinajstić information content (AvgIpc) is 1.96. The zero-order chi connectivity index (χ0) is 10.6. The van der Waals surface area contributed by atoms with Crippen molar-refractivity contribution in [2.24, 2.45) is 0 Å². The van der Waals surface area contributed by atoms with E-state index >= 15 is 0 Å². The number of alkyl halides is 3. The van der Waals surface area contributed by atoms with Crippen LogP contribution in [-0.2, 0) is 14.3 Å².